The molecule has 0 spiro atoms. The molecule has 2 aromatic heterocycles. The largest absolute Gasteiger partial charge is 0.497 e. The van der Waals surface area contributed by atoms with Crippen molar-refractivity contribution in [2.45, 2.75) is 17.0 Å². The van der Waals surface area contributed by atoms with E-state index in [1.165, 1.54) is 17.8 Å². The SMILES string of the molecule is COc1ccc(CSc2ccc3nnc(C(F)(F)F)n3n2)cc1. The van der Waals surface area contributed by atoms with Crippen molar-refractivity contribution in [3.8, 4) is 5.75 Å². The lowest BCUT2D eigenvalue weighted by Crippen LogP contribution is -2.12. The molecule has 0 aliphatic rings. The molecule has 0 unspecified atom stereocenters. The molecule has 9 heteroatoms. The summed E-state index contributed by atoms with van der Waals surface area (Å²) in [7, 11) is 1.58. The van der Waals surface area contributed by atoms with Gasteiger partial charge in [-0.1, -0.05) is 23.9 Å². The molecule has 23 heavy (non-hydrogen) atoms. The van der Waals surface area contributed by atoms with Crippen molar-refractivity contribution in [1.29, 1.82) is 0 Å². The van der Waals surface area contributed by atoms with Crippen LogP contribution in [0.15, 0.2) is 41.4 Å². The molecule has 3 rings (SSSR count). The highest BCUT2D eigenvalue weighted by Crippen LogP contribution is 2.28. The van der Waals surface area contributed by atoms with E-state index in [0.717, 1.165) is 15.8 Å². The molecule has 2 heterocycles. The van der Waals surface area contributed by atoms with Gasteiger partial charge in [-0.3, -0.25) is 0 Å². The first-order chi connectivity index (χ1) is 11.0. The summed E-state index contributed by atoms with van der Waals surface area (Å²) in [4.78, 5) is 0. The third kappa shape index (κ3) is 3.39. The van der Waals surface area contributed by atoms with Crippen LogP contribution in [0.4, 0.5) is 13.2 Å². The number of thioether (sulfide) groups is 1. The van der Waals surface area contributed by atoms with Crippen LogP contribution >= 0.6 is 11.8 Å². The number of alkyl halides is 3. The van der Waals surface area contributed by atoms with Crippen molar-refractivity contribution < 1.29 is 17.9 Å². The minimum absolute atomic E-state index is 0.0612. The standard InChI is InChI=1S/C14H11F3N4OS/c1-22-10-4-2-9(3-5-10)8-23-12-7-6-11-18-19-13(14(15,16)17)21(11)20-12/h2-7H,8H2,1H3. The highest BCUT2D eigenvalue weighted by atomic mass is 32.2. The van der Waals surface area contributed by atoms with E-state index >= 15 is 0 Å². The molecular weight excluding hydrogens is 329 g/mol. The van der Waals surface area contributed by atoms with Crippen molar-refractivity contribution in [2.24, 2.45) is 0 Å². The van der Waals surface area contributed by atoms with Gasteiger partial charge in [-0.05, 0) is 29.8 Å². The summed E-state index contributed by atoms with van der Waals surface area (Å²) in [5, 5.41) is 11.0. The molecule has 0 radical (unpaired) electrons. The summed E-state index contributed by atoms with van der Waals surface area (Å²) >= 11 is 1.33. The maximum Gasteiger partial charge on any atom is 0.453 e. The van der Waals surface area contributed by atoms with Gasteiger partial charge in [0.1, 0.15) is 10.8 Å². The molecule has 0 saturated heterocycles. The van der Waals surface area contributed by atoms with Gasteiger partial charge in [0, 0.05) is 5.75 Å². The Morgan fingerprint density at radius 3 is 2.48 bits per heavy atom. The van der Waals surface area contributed by atoms with Crippen molar-refractivity contribution in [1.82, 2.24) is 19.8 Å². The molecule has 1 aromatic carbocycles. The Labute approximate surface area is 133 Å². The Hall–Kier alpha value is -2.29. The van der Waals surface area contributed by atoms with Gasteiger partial charge in [0.2, 0.25) is 0 Å². The summed E-state index contributed by atoms with van der Waals surface area (Å²) in [6.07, 6.45) is -4.59. The second-order valence-corrected chi connectivity index (χ2v) is 5.60. The molecule has 0 saturated carbocycles. The summed E-state index contributed by atoms with van der Waals surface area (Å²) in [5.41, 5.74) is 1.07. The molecule has 0 aliphatic heterocycles. The Kier molecular flexibility index (Phi) is 4.12. The Balaban J connectivity index is 1.80. The minimum atomic E-state index is -4.59. The van der Waals surface area contributed by atoms with Crippen LogP contribution in [0.25, 0.3) is 5.65 Å². The fraction of sp³-hybridized carbons (Fsp3) is 0.214. The number of methoxy groups -OCH3 is 1. The fourth-order valence-corrected chi connectivity index (χ4v) is 2.72. The molecule has 3 aromatic rings. The third-order valence-electron chi connectivity index (χ3n) is 3.04. The Morgan fingerprint density at radius 1 is 1.09 bits per heavy atom. The number of aromatic nitrogens is 4. The van der Waals surface area contributed by atoms with Gasteiger partial charge in [-0.2, -0.15) is 22.8 Å². The van der Waals surface area contributed by atoms with Crippen molar-refractivity contribution in [3.05, 3.63) is 47.8 Å². The van der Waals surface area contributed by atoms with E-state index in [4.69, 9.17) is 4.74 Å². The van der Waals surface area contributed by atoms with Crippen molar-refractivity contribution in [2.75, 3.05) is 7.11 Å². The zero-order valence-corrected chi connectivity index (χ0v) is 12.7. The van der Waals surface area contributed by atoms with E-state index in [1.807, 2.05) is 24.3 Å². The van der Waals surface area contributed by atoms with E-state index in [1.54, 1.807) is 13.2 Å². The van der Waals surface area contributed by atoms with Crippen LogP contribution in [0, 0.1) is 0 Å². The molecule has 0 N–H and O–H groups in total. The second-order valence-electron chi connectivity index (χ2n) is 4.60. The number of hydrogen-bond acceptors (Lipinski definition) is 5. The van der Waals surface area contributed by atoms with E-state index in [-0.39, 0.29) is 5.65 Å². The topological polar surface area (TPSA) is 52.3 Å². The van der Waals surface area contributed by atoms with Crippen LogP contribution < -0.4 is 4.74 Å². The molecule has 120 valence electrons. The molecule has 0 atom stereocenters. The van der Waals surface area contributed by atoms with Crippen LogP contribution in [-0.2, 0) is 11.9 Å². The highest BCUT2D eigenvalue weighted by molar-refractivity contribution is 7.98. The van der Waals surface area contributed by atoms with E-state index in [0.29, 0.717) is 10.8 Å². The predicted octanol–water partition coefficient (Wildman–Crippen LogP) is 3.44. The number of hydrogen-bond donors (Lipinski definition) is 0. The average molecular weight is 340 g/mol. The zero-order chi connectivity index (χ0) is 16.4. The van der Waals surface area contributed by atoms with Gasteiger partial charge in [0.25, 0.3) is 5.82 Å². The smallest absolute Gasteiger partial charge is 0.453 e. The van der Waals surface area contributed by atoms with Gasteiger partial charge < -0.3 is 4.74 Å². The quantitative estimate of drug-likeness (QED) is 0.681. The van der Waals surface area contributed by atoms with Gasteiger partial charge in [0.05, 0.1) is 7.11 Å². The lowest BCUT2D eigenvalue weighted by atomic mass is 10.2. The first kappa shape index (κ1) is 15.6. The normalized spacial score (nSPS) is 11.8. The lowest BCUT2D eigenvalue weighted by Gasteiger charge is -2.05. The van der Waals surface area contributed by atoms with Crippen LogP contribution in [0.2, 0.25) is 0 Å². The van der Waals surface area contributed by atoms with Crippen LogP contribution in [0.1, 0.15) is 11.4 Å². The number of ether oxygens (including phenoxy) is 1. The van der Waals surface area contributed by atoms with Gasteiger partial charge in [0.15, 0.2) is 5.65 Å². The number of fused-ring (bicyclic) bond motifs is 1. The maximum atomic E-state index is 12.8. The highest BCUT2D eigenvalue weighted by Gasteiger charge is 2.37. The van der Waals surface area contributed by atoms with Gasteiger partial charge in [-0.25, -0.2) is 0 Å². The Bertz CT molecular complexity index is 817. The van der Waals surface area contributed by atoms with Crippen molar-refractivity contribution >= 4 is 17.4 Å². The lowest BCUT2D eigenvalue weighted by molar-refractivity contribution is -0.146. The summed E-state index contributed by atoms with van der Waals surface area (Å²) < 4.78 is 44.3. The molecule has 5 nitrogen and oxygen atoms in total. The number of rotatable bonds is 4. The van der Waals surface area contributed by atoms with Crippen LogP contribution in [-0.4, -0.2) is 26.9 Å². The van der Waals surface area contributed by atoms with E-state index in [9.17, 15) is 13.2 Å². The number of nitrogens with zero attached hydrogens (tertiary/aromatic N) is 4. The van der Waals surface area contributed by atoms with Gasteiger partial charge in [-0.15, -0.1) is 10.2 Å². The summed E-state index contributed by atoms with van der Waals surface area (Å²) in [6.45, 7) is 0. The minimum Gasteiger partial charge on any atom is -0.497 e. The summed E-state index contributed by atoms with van der Waals surface area (Å²) in [6, 6.07) is 10.5. The molecule has 0 bridgehead atoms. The number of halogens is 3. The first-order valence-electron chi connectivity index (χ1n) is 6.53. The van der Waals surface area contributed by atoms with Gasteiger partial charge >= 0.3 is 6.18 Å². The zero-order valence-electron chi connectivity index (χ0n) is 11.9. The Morgan fingerprint density at radius 2 is 1.83 bits per heavy atom. The summed E-state index contributed by atoms with van der Waals surface area (Å²) in [5.74, 6) is 0.198. The van der Waals surface area contributed by atoms with Crippen molar-refractivity contribution in [3.63, 3.8) is 0 Å². The fourth-order valence-electron chi connectivity index (χ4n) is 1.90. The van der Waals surface area contributed by atoms with Crippen LogP contribution in [0.5, 0.6) is 5.75 Å². The molecule has 0 amide bonds. The number of benzene rings is 1. The monoisotopic (exact) mass is 340 g/mol. The second kappa shape index (κ2) is 6.07. The maximum absolute atomic E-state index is 12.8. The molecule has 0 fully saturated rings. The molecule has 0 aliphatic carbocycles. The third-order valence-corrected chi connectivity index (χ3v) is 4.03. The van der Waals surface area contributed by atoms with E-state index in [2.05, 4.69) is 15.3 Å². The average Bonchev–Trinajstić information content (AvgIpc) is 2.96. The first-order valence-corrected chi connectivity index (χ1v) is 7.51. The predicted molar refractivity (Wildman–Crippen MR) is 78.3 cm³/mol. The van der Waals surface area contributed by atoms with Crippen LogP contribution in [0.3, 0.4) is 0 Å². The molecular formula is C14H11F3N4OS. The van der Waals surface area contributed by atoms with E-state index < -0.39 is 12.0 Å².